The molecule has 0 aliphatic carbocycles. The molecule has 2 heterocycles. The molecule has 0 radical (unpaired) electrons. The lowest BCUT2D eigenvalue weighted by molar-refractivity contribution is 0.322. The quantitative estimate of drug-likeness (QED) is 0.771. The van der Waals surface area contributed by atoms with Crippen LogP contribution in [0.2, 0.25) is 0 Å². The number of aliphatic hydroxyl groups is 1. The zero-order valence-corrected chi connectivity index (χ0v) is 10.4. The number of nitrogens with one attached hydrogen (secondary N) is 1. The lowest BCUT2D eigenvalue weighted by Crippen LogP contribution is -2.06. The van der Waals surface area contributed by atoms with Crippen molar-refractivity contribution in [2.45, 2.75) is 0 Å². The number of thioether (sulfide) groups is 1. The Kier molecular flexibility index (Phi) is 4.38. The van der Waals surface area contributed by atoms with E-state index in [1.807, 2.05) is 11.4 Å². The second kappa shape index (κ2) is 6.03. The minimum absolute atomic E-state index is 0.243. The first-order chi connectivity index (χ1) is 7.92. The summed E-state index contributed by atoms with van der Waals surface area (Å²) in [6.07, 6.45) is 1.59. The Labute approximate surface area is 102 Å². The molecule has 6 heteroatoms. The molecule has 0 aromatic carbocycles. The van der Waals surface area contributed by atoms with Gasteiger partial charge < -0.3 is 10.4 Å². The number of anilines is 1. The largest absolute Gasteiger partial charge is 0.396 e. The van der Waals surface area contributed by atoms with Crippen LogP contribution in [0.5, 0.6) is 0 Å². The third-order valence-corrected chi connectivity index (χ3v) is 3.82. The molecule has 0 fully saturated rings. The van der Waals surface area contributed by atoms with E-state index in [1.54, 1.807) is 29.4 Å². The summed E-state index contributed by atoms with van der Waals surface area (Å²) in [7, 11) is 0. The molecule has 0 atom stereocenters. The maximum atomic E-state index is 8.64. The van der Waals surface area contributed by atoms with Crippen molar-refractivity contribution >= 4 is 39.1 Å². The summed E-state index contributed by atoms with van der Waals surface area (Å²) in [5.41, 5.74) is 0. The molecule has 0 saturated carbocycles. The van der Waals surface area contributed by atoms with Crippen molar-refractivity contribution in [3.8, 4) is 0 Å². The van der Waals surface area contributed by atoms with E-state index in [4.69, 9.17) is 5.11 Å². The van der Waals surface area contributed by atoms with E-state index in [2.05, 4.69) is 15.3 Å². The molecule has 0 amide bonds. The summed E-state index contributed by atoms with van der Waals surface area (Å²) in [6.45, 7) is 1.10. The molecule has 2 N–H and O–H groups in total. The van der Waals surface area contributed by atoms with Crippen LogP contribution in [0.25, 0.3) is 10.2 Å². The average molecular weight is 255 g/mol. The van der Waals surface area contributed by atoms with Crippen LogP contribution < -0.4 is 5.32 Å². The third-order valence-electron chi connectivity index (χ3n) is 2.04. The Morgan fingerprint density at radius 2 is 2.31 bits per heavy atom. The number of fused-ring (bicyclic) bond motifs is 1. The Morgan fingerprint density at radius 1 is 1.38 bits per heavy atom. The lowest BCUT2D eigenvalue weighted by Gasteiger charge is -2.05. The van der Waals surface area contributed by atoms with Gasteiger partial charge >= 0.3 is 0 Å². The summed E-state index contributed by atoms with van der Waals surface area (Å²) in [5.74, 6) is 2.66. The zero-order chi connectivity index (χ0) is 11.2. The molecule has 2 aromatic heterocycles. The highest BCUT2D eigenvalue weighted by Crippen LogP contribution is 2.23. The maximum Gasteiger partial charge on any atom is 0.138 e. The fourth-order valence-electron chi connectivity index (χ4n) is 1.34. The van der Waals surface area contributed by atoms with Crippen LogP contribution in [0.15, 0.2) is 17.8 Å². The van der Waals surface area contributed by atoms with Crippen molar-refractivity contribution < 1.29 is 5.11 Å². The van der Waals surface area contributed by atoms with E-state index in [-0.39, 0.29) is 6.61 Å². The van der Waals surface area contributed by atoms with Gasteiger partial charge in [0, 0.05) is 18.1 Å². The summed E-state index contributed by atoms with van der Waals surface area (Å²) < 4.78 is 0. The predicted molar refractivity (Wildman–Crippen MR) is 70.3 cm³/mol. The molecule has 86 valence electrons. The van der Waals surface area contributed by atoms with Gasteiger partial charge in [-0.05, 0) is 11.4 Å². The predicted octanol–water partition coefficient (Wildman–Crippen LogP) is 1.83. The molecule has 0 bridgehead atoms. The van der Waals surface area contributed by atoms with Crippen molar-refractivity contribution in [3.63, 3.8) is 0 Å². The van der Waals surface area contributed by atoms with Gasteiger partial charge in [-0.2, -0.15) is 11.8 Å². The van der Waals surface area contributed by atoms with E-state index < -0.39 is 0 Å². The highest BCUT2D eigenvalue weighted by molar-refractivity contribution is 7.99. The van der Waals surface area contributed by atoms with Gasteiger partial charge in [-0.1, -0.05) is 0 Å². The number of rotatable bonds is 6. The van der Waals surface area contributed by atoms with Crippen molar-refractivity contribution in [2.75, 3.05) is 30.0 Å². The second-order valence-corrected chi connectivity index (χ2v) is 5.24. The maximum absolute atomic E-state index is 8.64. The molecule has 0 aliphatic heterocycles. The third kappa shape index (κ3) is 2.84. The molecular formula is C10H13N3OS2. The van der Waals surface area contributed by atoms with Gasteiger partial charge in [0.2, 0.25) is 0 Å². The van der Waals surface area contributed by atoms with Crippen LogP contribution in [0.3, 0.4) is 0 Å². The van der Waals surface area contributed by atoms with E-state index in [0.29, 0.717) is 0 Å². The molecule has 4 nitrogen and oxygen atoms in total. The van der Waals surface area contributed by atoms with Crippen LogP contribution in [-0.2, 0) is 0 Å². The van der Waals surface area contributed by atoms with E-state index >= 15 is 0 Å². The number of aromatic nitrogens is 2. The SMILES string of the molecule is OCCSCCNc1ncnc2sccc12. The highest BCUT2D eigenvalue weighted by atomic mass is 32.2. The first kappa shape index (κ1) is 11.6. The van der Waals surface area contributed by atoms with Gasteiger partial charge in [0.1, 0.15) is 17.0 Å². The van der Waals surface area contributed by atoms with Crippen LogP contribution in [-0.4, -0.2) is 39.7 Å². The summed E-state index contributed by atoms with van der Waals surface area (Å²) in [4.78, 5) is 9.43. The lowest BCUT2D eigenvalue weighted by atomic mass is 10.4. The molecule has 0 spiro atoms. The van der Waals surface area contributed by atoms with Crippen molar-refractivity contribution in [3.05, 3.63) is 17.8 Å². The molecular weight excluding hydrogens is 242 g/mol. The standard InChI is InChI=1S/C10H13N3OS2/c14-3-6-15-5-2-11-9-8-1-4-16-10(8)13-7-12-9/h1,4,7,14H,2-3,5-6H2,(H,11,12,13). The number of hydrogen-bond donors (Lipinski definition) is 2. The Balaban J connectivity index is 1.91. The monoisotopic (exact) mass is 255 g/mol. The fourth-order valence-corrected chi connectivity index (χ4v) is 2.65. The zero-order valence-electron chi connectivity index (χ0n) is 8.72. The van der Waals surface area contributed by atoms with Gasteiger partial charge in [0.15, 0.2) is 0 Å². The van der Waals surface area contributed by atoms with Gasteiger partial charge in [-0.3, -0.25) is 0 Å². The summed E-state index contributed by atoms with van der Waals surface area (Å²) in [6, 6.07) is 2.03. The van der Waals surface area contributed by atoms with Crippen molar-refractivity contribution in [2.24, 2.45) is 0 Å². The highest BCUT2D eigenvalue weighted by Gasteiger charge is 2.03. The summed E-state index contributed by atoms with van der Waals surface area (Å²) >= 11 is 3.35. The first-order valence-corrected chi connectivity index (χ1v) is 7.06. The smallest absolute Gasteiger partial charge is 0.138 e. The Hall–Kier alpha value is -0.850. The number of thiophene rings is 1. The van der Waals surface area contributed by atoms with Gasteiger partial charge in [0.25, 0.3) is 0 Å². The van der Waals surface area contributed by atoms with E-state index in [9.17, 15) is 0 Å². The minimum Gasteiger partial charge on any atom is -0.396 e. The number of hydrogen-bond acceptors (Lipinski definition) is 6. The van der Waals surface area contributed by atoms with E-state index in [0.717, 1.165) is 34.1 Å². The number of aliphatic hydroxyl groups excluding tert-OH is 1. The Bertz CT molecular complexity index is 446. The molecule has 0 aliphatic rings. The van der Waals surface area contributed by atoms with Gasteiger partial charge in [-0.15, -0.1) is 11.3 Å². The van der Waals surface area contributed by atoms with Crippen LogP contribution >= 0.6 is 23.1 Å². The van der Waals surface area contributed by atoms with Crippen LogP contribution in [0.4, 0.5) is 5.82 Å². The van der Waals surface area contributed by atoms with Crippen molar-refractivity contribution in [1.82, 2.24) is 9.97 Å². The molecule has 2 rings (SSSR count). The van der Waals surface area contributed by atoms with Crippen LogP contribution in [0, 0.1) is 0 Å². The van der Waals surface area contributed by atoms with Gasteiger partial charge in [0.05, 0.1) is 12.0 Å². The normalized spacial score (nSPS) is 10.8. The van der Waals surface area contributed by atoms with E-state index in [1.165, 1.54) is 0 Å². The topological polar surface area (TPSA) is 58.0 Å². The molecule has 16 heavy (non-hydrogen) atoms. The molecule has 0 unspecified atom stereocenters. The van der Waals surface area contributed by atoms with Crippen LogP contribution in [0.1, 0.15) is 0 Å². The minimum atomic E-state index is 0.243. The molecule has 2 aromatic rings. The second-order valence-electron chi connectivity index (χ2n) is 3.12. The molecule has 0 saturated heterocycles. The number of nitrogens with zero attached hydrogens (tertiary/aromatic N) is 2. The van der Waals surface area contributed by atoms with Crippen molar-refractivity contribution in [1.29, 1.82) is 0 Å². The summed E-state index contributed by atoms with van der Waals surface area (Å²) in [5, 5.41) is 15.0. The Morgan fingerprint density at radius 3 is 3.19 bits per heavy atom. The fraction of sp³-hybridized carbons (Fsp3) is 0.400. The average Bonchev–Trinajstić information content (AvgIpc) is 2.77. The van der Waals surface area contributed by atoms with Gasteiger partial charge in [-0.25, -0.2) is 9.97 Å². The first-order valence-electron chi connectivity index (χ1n) is 5.02.